The van der Waals surface area contributed by atoms with Crippen molar-refractivity contribution in [3.05, 3.63) is 71.9 Å². The molecule has 9 nitrogen and oxygen atoms in total. The Hall–Kier alpha value is -4.08. The number of benzene rings is 2. The number of carbonyl (C=O) groups is 1. The van der Waals surface area contributed by atoms with Gasteiger partial charge >= 0.3 is 0 Å². The van der Waals surface area contributed by atoms with Gasteiger partial charge in [-0.15, -0.1) is 5.10 Å². The third-order valence-corrected chi connectivity index (χ3v) is 5.59. The van der Waals surface area contributed by atoms with E-state index in [1.165, 1.54) is 18.0 Å². The minimum absolute atomic E-state index is 0.116. The summed E-state index contributed by atoms with van der Waals surface area (Å²) in [6.07, 6.45) is 4.92. The molecular weight excluding hydrogens is 437 g/mol. The van der Waals surface area contributed by atoms with Gasteiger partial charge in [-0.3, -0.25) is 4.79 Å². The van der Waals surface area contributed by atoms with E-state index in [0.29, 0.717) is 35.6 Å². The molecule has 0 saturated heterocycles. The molecule has 1 amide bonds. The van der Waals surface area contributed by atoms with Crippen molar-refractivity contribution < 1.29 is 13.9 Å². The zero-order chi connectivity index (χ0) is 24.2. The summed E-state index contributed by atoms with van der Waals surface area (Å²) in [5.74, 6) is -0.413. The van der Waals surface area contributed by atoms with E-state index in [0.717, 1.165) is 5.56 Å². The van der Waals surface area contributed by atoms with Gasteiger partial charge in [0.2, 0.25) is 0 Å². The van der Waals surface area contributed by atoms with Crippen LogP contribution in [0.2, 0.25) is 0 Å². The Bertz CT molecular complexity index is 1290. The number of amides is 1. The van der Waals surface area contributed by atoms with E-state index < -0.39 is 5.82 Å². The van der Waals surface area contributed by atoms with Gasteiger partial charge in [0.05, 0.1) is 43.5 Å². The summed E-state index contributed by atoms with van der Waals surface area (Å²) in [5.41, 5.74) is 3.41. The van der Waals surface area contributed by atoms with Gasteiger partial charge in [-0.25, -0.2) is 9.07 Å². The molecule has 0 N–H and O–H groups in total. The molecule has 176 valence electrons. The SMILES string of the molecule is CCN(C(=O)c1cc(C)ccc1-n1nccn1)[C@@H](C)Cn1cc(-c2ccc(F)c(OC)c2)nn1. The third-order valence-electron chi connectivity index (χ3n) is 5.59. The minimum atomic E-state index is -0.440. The van der Waals surface area contributed by atoms with Gasteiger partial charge in [-0.1, -0.05) is 16.8 Å². The van der Waals surface area contributed by atoms with Gasteiger partial charge in [-0.05, 0) is 51.1 Å². The molecule has 4 rings (SSSR count). The minimum Gasteiger partial charge on any atom is -0.494 e. The van der Waals surface area contributed by atoms with E-state index in [-0.39, 0.29) is 17.7 Å². The number of halogens is 1. The third kappa shape index (κ3) is 4.66. The maximum Gasteiger partial charge on any atom is 0.256 e. The number of ether oxygens (including phenoxy) is 1. The van der Waals surface area contributed by atoms with Crippen LogP contribution in [0.1, 0.15) is 29.8 Å². The zero-order valence-corrected chi connectivity index (χ0v) is 19.5. The van der Waals surface area contributed by atoms with E-state index >= 15 is 0 Å². The van der Waals surface area contributed by atoms with Gasteiger partial charge < -0.3 is 9.64 Å². The van der Waals surface area contributed by atoms with Crippen LogP contribution >= 0.6 is 0 Å². The zero-order valence-electron chi connectivity index (χ0n) is 19.5. The molecule has 1 atom stereocenters. The largest absolute Gasteiger partial charge is 0.494 e. The number of hydrogen-bond acceptors (Lipinski definition) is 6. The highest BCUT2D eigenvalue weighted by molar-refractivity contribution is 5.98. The first kappa shape index (κ1) is 23.1. The highest BCUT2D eigenvalue weighted by Gasteiger charge is 2.24. The second-order valence-electron chi connectivity index (χ2n) is 7.95. The predicted molar refractivity (Wildman–Crippen MR) is 124 cm³/mol. The molecule has 0 fully saturated rings. The van der Waals surface area contributed by atoms with Crippen LogP contribution in [-0.4, -0.2) is 60.5 Å². The summed E-state index contributed by atoms with van der Waals surface area (Å²) in [6.45, 7) is 6.79. The number of hydrogen-bond donors (Lipinski definition) is 0. The maximum atomic E-state index is 13.7. The number of aryl methyl sites for hydroxylation is 1. The lowest BCUT2D eigenvalue weighted by atomic mass is 10.1. The van der Waals surface area contributed by atoms with Crippen LogP contribution in [0.5, 0.6) is 5.75 Å². The summed E-state index contributed by atoms with van der Waals surface area (Å²) in [4.78, 5) is 16.8. The van der Waals surface area contributed by atoms with Crippen LogP contribution in [-0.2, 0) is 6.54 Å². The first-order chi connectivity index (χ1) is 16.4. The molecule has 34 heavy (non-hydrogen) atoms. The first-order valence-electron chi connectivity index (χ1n) is 10.9. The molecule has 2 aromatic heterocycles. The number of rotatable bonds is 8. The fraction of sp³-hybridized carbons (Fsp3) is 0.292. The fourth-order valence-electron chi connectivity index (χ4n) is 3.85. The average Bonchev–Trinajstić information content (AvgIpc) is 3.52. The second-order valence-corrected chi connectivity index (χ2v) is 7.95. The number of likely N-dealkylation sites (N-methyl/N-ethyl adjacent to an activating group) is 1. The van der Waals surface area contributed by atoms with Crippen LogP contribution < -0.4 is 4.74 Å². The molecule has 0 spiro atoms. The quantitative estimate of drug-likeness (QED) is 0.397. The first-order valence-corrected chi connectivity index (χ1v) is 10.9. The molecular formula is C24H26FN7O2. The van der Waals surface area contributed by atoms with Gasteiger partial charge in [0, 0.05) is 18.2 Å². The molecule has 0 unspecified atom stereocenters. The molecule has 0 aliphatic carbocycles. The van der Waals surface area contributed by atoms with E-state index in [4.69, 9.17) is 4.74 Å². The molecule has 10 heteroatoms. The Labute approximate surface area is 196 Å². The molecule has 0 radical (unpaired) electrons. The van der Waals surface area contributed by atoms with Crippen molar-refractivity contribution in [2.24, 2.45) is 0 Å². The van der Waals surface area contributed by atoms with Crippen molar-refractivity contribution in [1.82, 2.24) is 34.9 Å². The van der Waals surface area contributed by atoms with Gasteiger partial charge in [0.25, 0.3) is 5.91 Å². The molecule has 0 aliphatic rings. The van der Waals surface area contributed by atoms with E-state index in [1.54, 1.807) is 40.3 Å². The van der Waals surface area contributed by atoms with Crippen molar-refractivity contribution in [1.29, 1.82) is 0 Å². The summed E-state index contributed by atoms with van der Waals surface area (Å²) in [6, 6.07) is 10.00. The Morgan fingerprint density at radius 3 is 2.65 bits per heavy atom. The fourth-order valence-corrected chi connectivity index (χ4v) is 3.85. The van der Waals surface area contributed by atoms with Gasteiger partial charge in [0.15, 0.2) is 11.6 Å². The Morgan fingerprint density at radius 2 is 1.94 bits per heavy atom. The number of methoxy groups -OCH3 is 1. The van der Waals surface area contributed by atoms with Crippen molar-refractivity contribution in [2.45, 2.75) is 33.4 Å². The number of aromatic nitrogens is 6. The summed E-state index contributed by atoms with van der Waals surface area (Å²) < 4.78 is 20.5. The van der Waals surface area contributed by atoms with Crippen LogP contribution in [0.25, 0.3) is 16.9 Å². The predicted octanol–water partition coefficient (Wildman–Crippen LogP) is 3.53. The average molecular weight is 464 g/mol. The molecule has 0 saturated carbocycles. The highest BCUT2D eigenvalue weighted by Crippen LogP contribution is 2.25. The topological polar surface area (TPSA) is 91.0 Å². The molecule has 2 aromatic carbocycles. The van der Waals surface area contributed by atoms with E-state index in [1.807, 2.05) is 39.0 Å². The van der Waals surface area contributed by atoms with Crippen molar-refractivity contribution in [3.63, 3.8) is 0 Å². The van der Waals surface area contributed by atoms with E-state index in [2.05, 4.69) is 20.5 Å². The standard InChI is InChI=1S/C24H26FN7O2/c1-5-31(24(33)19-12-16(2)6-9-22(19)32-26-10-11-27-32)17(3)14-30-15-21(28-29-30)18-7-8-20(25)23(13-18)34-4/h6-13,15,17H,5,14H2,1-4H3/t17-/m0/s1. The van der Waals surface area contributed by atoms with Crippen LogP contribution in [0.15, 0.2) is 55.0 Å². The van der Waals surface area contributed by atoms with Crippen molar-refractivity contribution in [2.75, 3.05) is 13.7 Å². The summed E-state index contributed by atoms with van der Waals surface area (Å²) in [5, 5.41) is 16.8. The number of carbonyl (C=O) groups excluding carboxylic acids is 1. The Morgan fingerprint density at radius 1 is 1.18 bits per heavy atom. The van der Waals surface area contributed by atoms with Crippen molar-refractivity contribution >= 4 is 5.91 Å². The molecule has 2 heterocycles. The lowest BCUT2D eigenvalue weighted by Gasteiger charge is -2.28. The van der Waals surface area contributed by atoms with Gasteiger partial charge in [-0.2, -0.15) is 15.0 Å². The lowest BCUT2D eigenvalue weighted by molar-refractivity contribution is 0.0684. The molecule has 4 aromatic rings. The van der Waals surface area contributed by atoms with E-state index in [9.17, 15) is 9.18 Å². The summed E-state index contributed by atoms with van der Waals surface area (Å²) in [7, 11) is 1.42. The normalized spacial score (nSPS) is 11.9. The van der Waals surface area contributed by atoms with Crippen LogP contribution in [0.3, 0.4) is 0 Å². The monoisotopic (exact) mass is 463 g/mol. The van der Waals surface area contributed by atoms with Crippen LogP contribution in [0.4, 0.5) is 4.39 Å². The maximum absolute atomic E-state index is 13.7. The van der Waals surface area contributed by atoms with Gasteiger partial charge in [0.1, 0.15) is 5.69 Å². The van der Waals surface area contributed by atoms with Crippen LogP contribution in [0, 0.1) is 12.7 Å². The highest BCUT2D eigenvalue weighted by atomic mass is 19.1. The lowest BCUT2D eigenvalue weighted by Crippen LogP contribution is -2.41. The summed E-state index contributed by atoms with van der Waals surface area (Å²) >= 11 is 0. The molecule has 0 aliphatic heterocycles. The smallest absolute Gasteiger partial charge is 0.256 e. The Balaban J connectivity index is 1.55. The number of nitrogens with zero attached hydrogens (tertiary/aromatic N) is 7. The molecule has 0 bridgehead atoms. The van der Waals surface area contributed by atoms with Crippen molar-refractivity contribution in [3.8, 4) is 22.7 Å². The Kier molecular flexibility index (Phi) is 6.67. The second kappa shape index (κ2) is 9.82.